The maximum absolute atomic E-state index is 9.96. The minimum atomic E-state index is -0.577. The summed E-state index contributed by atoms with van der Waals surface area (Å²) >= 11 is 0. The molecule has 1 N–H and O–H groups in total. The fourth-order valence-corrected chi connectivity index (χ4v) is 2.26. The van der Waals surface area contributed by atoms with Crippen molar-refractivity contribution in [2.75, 3.05) is 0 Å². The van der Waals surface area contributed by atoms with Crippen LogP contribution in [-0.4, -0.2) is 10.7 Å². The number of hydrogen-bond donors (Lipinski definition) is 1. The lowest BCUT2D eigenvalue weighted by Gasteiger charge is -2.21. The lowest BCUT2D eigenvalue weighted by atomic mass is 9.87. The molecule has 1 fully saturated rings. The van der Waals surface area contributed by atoms with E-state index in [-0.39, 0.29) is 0 Å². The molecular formula is C13H24O. The van der Waals surface area contributed by atoms with Crippen LogP contribution in [0, 0.1) is 5.92 Å². The molecule has 0 heterocycles. The zero-order chi connectivity index (χ0) is 10.4. The first-order chi connectivity index (χ1) is 6.64. The van der Waals surface area contributed by atoms with Crippen LogP contribution in [0.3, 0.4) is 0 Å². The van der Waals surface area contributed by atoms with E-state index in [9.17, 15) is 5.11 Å². The largest absolute Gasteiger partial charge is 0.386 e. The summed E-state index contributed by atoms with van der Waals surface area (Å²) in [5, 5.41) is 9.96. The van der Waals surface area contributed by atoms with Gasteiger partial charge in [0.15, 0.2) is 0 Å². The topological polar surface area (TPSA) is 20.2 Å². The van der Waals surface area contributed by atoms with Crippen LogP contribution in [0.2, 0.25) is 0 Å². The third-order valence-electron chi connectivity index (χ3n) is 3.13. The lowest BCUT2D eigenvalue weighted by Crippen LogP contribution is -2.20. The SMILES string of the molecule is CCC[C@](C)(O)C=CC1CCCCC1. The van der Waals surface area contributed by atoms with Gasteiger partial charge in [-0.05, 0) is 32.1 Å². The molecule has 0 bridgehead atoms. The van der Waals surface area contributed by atoms with Crippen LogP contribution in [0.25, 0.3) is 0 Å². The number of hydrogen-bond acceptors (Lipinski definition) is 1. The van der Waals surface area contributed by atoms with Gasteiger partial charge in [-0.3, -0.25) is 0 Å². The predicted molar refractivity (Wildman–Crippen MR) is 61.2 cm³/mol. The molecule has 0 aromatic rings. The Morgan fingerprint density at radius 2 is 1.93 bits per heavy atom. The summed E-state index contributed by atoms with van der Waals surface area (Å²) < 4.78 is 0. The normalized spacial score (nSPS) is 23.9. The van der Waals surface area contributed by atoms with Crippen LogP contribution in [0.4, 0.5) is 0 Å². The highest BCUT2D eigenvalue weighted by molar-refractivity contribution is 5.01. The monoisotopic (exact) mass is 196 g/mol. The predicted octanol–water partition coefficient (Wildman–Crippen LogP) is 3.67. The number of allylic oxidation sites excluding steroid dienone is 1. The van der Waals surface area contributed by atoms with Crippen molar-refractivity contribution in [3.63, 3.8) is 0 Å². The average molecular weight is 196 g/mol. The Labute approximate surface area is 88.2 Å². The fraction of sp³-hybridized carbons (Fsp3) is 0.846. The first-order valence-electron chi connectivity index (χ1n) is 6.06. The van der Waals surface area contributed by atoms with Crippen LogP contribution >= 0.6 is 0 Å². The molecule has 0 aliphatic heterocycles. The standard InChI is InChI=1S/C13H24O/c1-3-10-13(2,14)11-9-12-7-5-4-6-8-12/h9,11-12,14H,3-8,10H2,1-2H3/t13-/m0/s1. The van der Waals surface area contributed by atoms with E-state index in [0.717, 1.165) is 18.8 Å². The molecule has 0 spiro atoms. The Kier molecular flexibility index (Phi) is 4.67. The van der Waals surface area contributed by atoms with Gasteiger partial charge in [0.2, 0.25) is 0 Å². The van der Waals surface area contributed by atoms with Gasteiger partial charge in [-0.1, -0.05) is 44.8 Å². The fourth-order valence-electron chi connectivity index (χ4n) is 2.26. The summed E-state index contributed by atoms with van der Waals surface area (Å²) in [6.07, 6.45) is 12.9. The van der Waals surface area contributed by atoms with Crippen molar-refractivity contribution in [1.29, 1.82) is 0 Å². The van der Waals surface area contributed by atoms with E-state index < -0.39 is 5.60 Å². The Hall–Kier alpha value is -0.300. The van der Waals surface area contributed by atoms with Gasteiger partial charge < -0.3 is 5.11 Å². The summed E-state index contributed by atoms with van der Waals surface area (Å²) in [5.74, 6) is 0.729. The first-order valence-corrected chi connectivity index (χ1v) is 6.06. The van der Waals surface area contributed by atoms with Gasteiger partial charge in [0.1, 0.15) is 0 Å². The molecule has 1 heteroatoms. The van der Waals surface area contributed by atoms with E-state index in [1.54, 1.807) is 0 Å². The second-order valence-corrected chi connectivity index (χ2v) is 4.86. The highest BCUT2D eigenvalue weighted by Crippen LogP contribution is 2.26. The average Bonchev–Trinajstić information content (AvgIpc) is 2.17. The van der Waals surface area contributed by atoms with Crippen LogP contribution in [0.1, 0.15) is 58.8 Å². The second-order valence-electron chi connectivity index (χ2n) is 4.86. The Bertz CT molecular complexity index is 176. The van der Waals surface area contributed by atoms with Gasteiger partial charge in [-0.25, -0.2) is 0 Å². The Balaban J connectivity index is 2.36. The third kappa shape index (κ3) is 4.28. The molecule has 1 aliphatic rings. The van der Waals surface area contributed by atoms with Gasteiger partial charge in [-0.15, -0.1) is 0 Å². The molecule has 1 saturated carbocycles. The minimum absolute atomic E-state index is 0.577. The van der Waals surface area contributed by atoms with Crippen molar-refractivity contribution in [3.8, 4) is 0 Å². The van der Waals surface area contributed by atoms with Gasteiger partial charge >= 0.3 is 0 Å². The maximum atomic E-state index is 9.96. The molecule has 0 aromatic carbocycles. The highest BCUT2D eigenvalue weighted by Gasteiger charge is 2.16. The molecule has 0 saturated heterocycles. The smallest absolute Gasteiger partial charge is 0.0799 e. The van der Waals surface area contributed by atoms with E-state index in [2.05, 4.69) is 13.0 Å². The summed E-state index contributed by atoms with van der Waals surface area (Å²) in [4.78, 5) is 0. The molecule has 0 amide bonds. The quantitative estimate of drug-likeness (QED) is 0.680. The first kappa shape index (κ1) is 11.8. The van der Waals surface area contributed by atoms with Crippen molar-refractivity contribution in [3.05, 3.63) is 12.2 Å². The van der Waals surface area contributed by atoms with Crippen molar-refractivity contribution in [2.45, 2.75) is 64.4 Å². The molecule has 1 nitrogen and oxygen atoms in total. The van der Waals surface area contributed by atoms with E-state index in [0.29, 0.717) is 0 Å². The van der Waals surface area contributed by atoms with Gasteiger partial charge in [0.05, 0.1) is 5.60 Å². The molecule has 1 rings (SSSR count). The van der Waals surface area contributed by atoms with Crippen molar-refractivity contribution < 1.29 is 5.11 Å². The number of aliphatic hydroxyl groups is 1. The van der Waals surface area contributed by atoms with Crippen LogP contribution < -0.4 is 0 Å². The van der Waals surface area contributed by atoms with E-state index >= 15 is 0 Å². The lowest BCUT2D eigenvalue weighted by molar-refractivity contribution is 0.100. The zero-order valence-electron chi connectivity index (χ0n) is 9.63. The van der Waals surface area contributed by atoms with E-state index in [1.165, 1.54) is 32.1 Å². The summed E-state index contributed by atoms with van der Waals surface area (Å²) in [6, 6.07) is 0. The molecule has 1 aliphatic carbocycles. The van der Waals surface area contributed by atoms with Crippen LogP contribution in [0.15, 0.2) is 12.2 Å². The molecule has 14 heavy (non-hydrogen) atoms. The van der Waals surface area contributed by atoms with Gasteiger partial charge in [-0.2, -0.15) is 0 Å². The van der Waals surface area contributed by atoms with Crippen molar-refractivity contribution in [2.24, 2.45) is 5.92 Å². The molecule has 82 valence electrons. The zero-order valence-corrected chi connectivity index (χ0v) is 9.63. The van der Waals surface area contributed by atoms with Crippen molar-refractivity contribution in [1.82, 2.24) is 0 Å². The van der Waals surface area contributed by atoms with E-state index in [1.807, 2.05) is 13.0 Å². The second kappa shape index (κ2) is 5.55. The molecule has 0 aromatic heterocycles. The molecule has 0 radical (unpaired) electrons. The van der Waals surface area contributed by atoms with Crippen LogP contribution in [0.5, 0.6) is 0 Å². The Morgan fingerprint density at radius 3 is 2.50 bits per heavy atom. The maximum Gasteiger partial charge on any atom is 0.0799 e. The summed E-state index contributed by atoms with van der Waals surface area (Å²) in [5.41, 5.74) is -0.577. The molecule has 1 atom stereocenters. The third-order valence-corrected chi connectivity index (χ3v) is 3.13. The minimum Gasteiger partial charge on any atom is -0.386 e. The Morgan fingerprint density at radius 1 is 1.29 bits per heavy atom. The highest BCUT2D eigenvalue weighted by atomic mass is 16.3. The van der Waals surface area contributed by atoms with Crippen molar-refractivity contribution >= 4 is 0 Å². The molecular weight excluding hydrogens is 172 g/mol. The van der Waals surface area contributed by atoms with E-state index in [4.69, 9.17) is 0 Å². The summed E-state index contributed by atoms with van der Waals surface area (Å²) in [7, 11) is 0. The molecule has 0 unspecified atom stereocenters. The van der Waals surface area contributed by atoms with Gasteiger partial charge in [0, 0.05) is 0 Å². The van der Waals surface area contributed by atoms with Gasteiger partial charge in [0.25, 0.3) is 0 Å². The number of rotatable bonds is 4. The van der Waals surface area contributed by atoms with Crippen LogP contribution in [-0.2, 0) is 0 Å². The summed E-state index contributed by atoms with van der Waals surface area (Å²) in [6.45, 7) is 4.03.